The molecule has 8 aromatic carbocycles. The fourth-order valence-electron chi connectivity index (χ4n) is 8.25. The second-order valence-corrected chi connectivity index (χ2v) is 20.5. The first-order valence-corrected chi connectivity index (χ1v) is 30.8. The van der Waals surface area contributed by atoms with E-state index < -0.39 is 5.97 Å². The standard InChI is InChI=1S/C17H16N2O4.C17H15NO4.C16H12BrNO3.C16H13NO3.C4H9.C2H7NO.CH3.BrH.FH.Li.Mg/c1-19(21-2)17(20)16-14-9-8-13(10-15(14)23-18-16)22-11-12-6-4-3-5-7-12;1-2-20-17(19)16-14-9-8-13(10-15(14)22-18-16)21-11-12-6-4-3-5-7-12;17-9-14(19)16-13-7-6-12(8-15(13)21-18-16)20-10-11-4-2-1-3-5-11;1-11(18)16-14-8-7-13(9-15(14)20-17-16)19-10-12-5-3-2-4-6-12;1-3-4-2;1-4-2-3;;;;;/h3-10H,11H2,1-2H3;3-10H,2,11H2,1H3;1-8H,9-10H2;2-9H,10H2,1H3;1,3-4H2,2H3;2-3H2,1H3;1H3;2*1H;;/q;;;;-1;;-1;;;+1;+2/p-1. The molecule has 0 fully saturated rings. The van der Waals surface area contributed by atoms with Gasteiger partial charge in [0.2, 0.25) is 0 Å². The Labute approximate surface area is 620 Å². The van der Waals surface area contributed by atoms with Crippen LogP contribution < -0.4 is 60.5 Å². The summed E-state index contributed by atoms with van der Waals surface area (Å²) in [5.74, 6) is 1.60. The third-order valence-corrected chi connectivity index (χ3v) is 13.7. The maximum absolute atomic E-state index is 12.1. The molecule has 12 rings (SSSR count). The van der Waals surface area contributed by atoms with E-state index in [1.54, 1.807) is 74.7 Å². The summed E-state index contributed by atoms with van der Waals surface area (Å²) in [5, 5.41) is 19.1. The topological polar surface area (TPSA) is 266 Å². The number of benzene rings is 8. The van der Waals surface area contributed by atoms with Crippen molar-refractivity contribution in [2.45, 2.75) is 60.0 Å². The Morgan fingerprint density at radius 2 is 0.808 bits per heavy atom. The van der Waals surface area contributed by atoms with Crippen molar-refractivity contribution in [3.05, 3.63) is 254 Å². The van der Waals surface area contributed by atoms with Crippen molar-refractivity contribution in [3.63, 3.8) is 0 Å². The number of nitrogens with zero attached hydrogens (tertiary/aromatic N) is 5. The molecular formula is C73H76Br2FLiMgN6O15. The maximum atomic E-state index is 12.1. The first kappa shape index (κ1) is 86.3. The van der Waals surface area contributed by atoms with Crippen LogP contribution in [0.5, 0.6) is 23.0 Å². The molecule has 0 aliphatic carbocycles. The van der Waals surface area contributed by atoms with Gasteiger partial charge in [-0.2, -0.15) is 6.42 Å². The van der Waals surface area contributed by atoms with Gasteiger partial charge >= 0.3 is 47.9 Å². The Morgan fingerprint density at radius 3 is 1.10 bits per heavy atom. The summed E-state index contributed by atoms with van der Waals surface area (Å²) in [4.78, 5) is 51.8. The van der Waals surface area contributed by atoms with E-state index in [4.69, 9.17) is 52.3 Å². The van der Waals surface area contributed by atoms with Crippen LogP contribution in [0, 0.1) is 14.4 Å². The van der Waals surface area contributed by atoms with E-state index in [1.165, 1.54) is 27.5 Å². The van der Waals surface area contributed by atoms with Crippen LogP contribution in [-0.4, -0.2) is 112 Å². The number of amides is 1. The van der Waals surface area contributed by atoms with Gasteiger partial charge in [-0.3, -0.25) is 23.9 Å². The third-order valence-electron chi connectivity index (χ3n) is 13.2. The van der Waals surface area contributed by atoms with Gasteiger partial charge in [0.1, 0.15) is 49.4 Å². The van der Waals surface area contributed by atoms with Crippen molar-refractivity contribution in [2.24, 2.45) is 5.73 Å². The van der Waals surface area contributed by atoms with Gasteiger partial charge in [-0.25, -0.2) is 9.86 Å². The van der Waals surface area contributed by atoms with Gasteiger partial charge in [-0.05, 0) is 77.7 Å². The van der Waals surface area contributed by atoms with E-state index in [0.717, 1.165) is 33.7 Å². The van der Waals surface area contributed by atoms with Crippen molar-refractivity contribution in [1.82, 2.24) is 25.7 Å². The predicted molar refractivity (Wildman–Crippen MR) is 373 cm³/mol. The molecule has 0 unspecified atom stereocenters. The molecule has 0 radical (unpaired) electrons. The number of nitrogens with two attached hydrogens (primary N) is 1. The van der Waals surface area contributed by atoms with E-state index in [1.807, 2.05) is 133 Å². The number of unbranched alkanes of at least 4 members (excludes halogenated alkanes) is 1. The number of hydroxylamine groups is 2. The number of hydrogen-bond donors (Lipinski definition) is 1. The SMILES string of the molecule is CC(=O)c1noc2cc(OCc3ccccc3)ccc12.CCOC(=O)c1noc2cc(OCc3ccccc3)ccc12.COCN.CON(C)C(=O)c1noc2cc(OCc3ccccc3)ccc12.F.O=C(CBr)c1noc2cc(OCc3ccccc3)ccc12.[Br-].[CH2-]CCC.[CH3-].[Li+].[Mg+2]. The number of halogens is 3. The van der Waals surface area contributed by atoms with E-state index in [0.29, 0.717) is 118 Å². The number of esters is 1. The fraction of sp³-hybridized carbons (Fsp3) is 0.205. The number of carbonyl (C=O) groups excluding carboxylic acids is 4. The van der Waals surface area contributed by atoms with Gasteiger partial charge in [0.05, 0.1) is 47.3 Å². The van der Waals surface area contributed by atoms with Gasteiger partial charge in [-0.15, -0.1) is 0 Å². The average Bonchev–Trinajstić information content (AvgIpc) is 1.71. The summed E-state index contributed by atoms with van der Waals surface area (Å²) in [5.41, 5.74) is 12.3. The predicted octanol–water partition coefficient (Wildman–Crippen LogP) is 9.62. The Bertz CT molecular complexity index is 4300. The van der Waals surface area contributed by atoms with Crippen molar-refractivity contribution in [1.29, 1.82) is 0 Å². The zero-order valence-corrected chi connectivity index (χ0v) is 60.9. The molecule has 26 heteroatoms. The van der Waals surface area contributed by atoms with E-state index in [2.05, 4.69) is 55.1 Å². The van der Waals surface area contributed by atoms with Crippen LogP contribution in [0.3, 0.4) is 0 Å². The average molecular weight is 1490 g/mol. The minimum absolute atomic E-state index is 0. The largest absolute Gasteiger partial charge is 2.00 e. The molecule has 0 saturated carbocycles. The second kappa shape index (κ2) is 46.5. The molecule has 0 bridgehead atoms. The van der Waals surface area contributed by atoms with Gasteiger partial charge in [-0.1, -0.05) is 171 Å². The molecule has 99 heavy (non-hydrogen) atoms. The number of Topliss-reactive ketones (excluding diaryl/α,β-unsaturated/α-hetero) is 2. The van der Waals surface area contributed by atoms with Crippen molar-refractivity contribution >= 4 is 106 Å². The number of rotatable bonds is 21. The zero-order chi connectivity index (χ0) is 67.0. The Hall–Kier alpha value is -8.75. The molecular weight excluding hydrogens is 1410 g/mol. The number of alkyl halides is 1. The smallest absolute Gasteiger partial charge is 1.00 e. The summed E-state index contributed by atoms with van der Waals surface area (Å²) in [6, 6.07) is 60.7. The van der Waals surface area contributed by atoms with Crippen LogP contribution >= 0.6 is 15.9 Å². The van der Waals surface area contributed by atoms with Crippen molar-refractivity contribution in [3.8, 4) is 23.0 Å². The molecule has 0 aliphatic heterocycles. The normalized spacial score (nSPS) is 9.87. The van der Waals surface area contributed by atoms with E-state index in [-0.39, 0.29) is 105 Å². The molecule has 12 aromatic rings. The van der Waals surface area contributed by atoms with Gasteiger partial charge in [0, 0.05) is 45.3 Å². The van der Waals surface area contributed by atoms with Crippen LogP contribution in [0.15, 0.2) is 212 Å². The number of aromatic nitrogens is 4. The van der Waals surface area contributed by atoms with Crippen molar-refractivity contribution < 1.29 is 111 Å². The quantitative estimate of drug-likeness (QED) is 0.0133. The Balaban J connectivity index is 0.000000426. The first-order chi connectivity index (χ1) is 45.8. The number of ether oxygens (including phenoxy) is 6. The Kier molecular flexibility index (Phi) is 40.6. The maximum Gasteiger partial charge on any atom is 2.00 e. The van der Waals surface area contributed by atoms with Gasteiger partial charge < -0.3 is 83.6 Å². The molecule has 512 valence electrons. The Morgan fingerprint density at radius 1 is 0.515 bits per heavy atom. The molecule has 2 N–H and O–H groups in total. The molecule has 21 nitrogen and oxygen atoms in total. The molecule has 0 saturated heterocycles. The zero-order valence-electron chi connectivity index (χ0n) is 56.4. The summed E-state index contributed by atoms with van der Waals surface area (Å²) < 4.78 is 52.9. The summed E-state index contributed by atoms with van der Waals surface area (Å²) in [6.45, 7) is 11.4. The van der Waals surface area contributed by atoms with Gasteiger partial charge in [0.15, 0.2) is 56.7 Å². The van der Waals surface area contributed by atoms with Crippen LogP contribution in [-0.2, 0) is 40.7 Å². The molecule has 0 spiro atoms. The molecule has 1 amide bonds. The number of fused-ring (bicyclic) bond motifs is 4. The van der Waals surface area contributed by atoms with Gasteiger partial charge in [0.25, 0.3) is 5.91 Å². The minimum atomic E-state index is -0.487. The number of hydrogen-bond acceptors (Lipinski definition) is 20. The summed E-state index contributed by atoms with van der Waals surface area (Å²) in [7, 11) is 4.48. The van der Waals surface area contributed by atoms with E-state index in [9.17, 15) is 19.2 Å². The molecule has 0 aliphatic rings. The van der Waals surface area contributed by atoms with Crippen LogP contribution in [0.2, 0.25) is 0 Å². The molecule has 4 aromatic heterocycles. The minimum Gasteiger partial charge on any atom is -1.00 e. The van der Waals surface area contributed by atoms with Crippen molar-refractivity contribution in [2.75, 3.05) is 39.9 Å². The summed E-state index contributed by atoms with van der Waals surface area (Å²) >= 11 is 3.13. The van der Waals surface area contributed by atoms with E-state index >= 15 is 0 Å². The summed E-state index contributed by atoms with van der Waals surface area (Å²) in [6.07, 6.45) is 2.28. The number of ketones is 2. The molecule has 4 heterocycles. The fourth-order valence-corrected chi connectivity index (χ4v) is 8.51. The van der Waals surface area contributed by atoms with Crippen LogP contribution in [0.25, 0.3) is 43.9 Å². The van der Waals surface area contributed by atoms with Crippen LogP contribution in [0.1, 0.15) is 97.8 Å². The molecule has 0 atom stereocenters. The first-order valence-electron chi connectivity index (χ1n) is 29.6. The monoisotopic (exact) mass is 1480 g/mol. The third kappa shape index (κ3) is 26.5. The second-order valence-electron chi connectivity index (χ2n) is 20.0. The van der Waals surface area contributed by atoms with Crippen LogP contribution in [0.4, 0.5) is 4.70 Å². The number of carbonyl (C=O) groups is 4. The number of methoxy groups -OCH3 is 1.